The number of carbonyl (C=O) groups is 1. The van der Waals surface area contributed by atoms with E-state index in [0.29, 0.717) is 5.69 Å². The minimum Gasteiger partial charge on any atom is -0.295 e. The van der Waals surface area contributed by atoms with Crippen LogP contribution in [0, 0.1) is 6.92 Å². The first-order chi connectivity index (χ1) is 11.3. The van der Waals surface area contributed by atoms with Gasteiger partial charge in [0.2, 0.25) is 5.91 Å². The van der Waals surface area contributed by atoms with E-state index in [1.165, 1.54) is 28.8 Å². The SMILES string of the molecule is Cc1cc(N2C(=O)CSC2c2ccccc2C(F)(F)F)ccc1Br. The molecule has 0 bridgehead atoms. The number of rotatable bonds is 2. The zero-order chi connectivity index (χ0) is 17.5. The third kappa shape index (κ3) is 3.19. The van der Waals surface area contributed by atoms with Crippen LogP contribution >= 0.6 is 27.7 Å². The van der Waals surface area contributed by atoms with E-state index in [9.17, 15) is 18.0 Å². The molecule has 0 radical (unpaired) electrons. The van der Waals surface area contributed by atoms with Gasteiger partial charge in [0, 0.05) is 10.2 Å². The number of benzene rings is 2. The number of nitrogens with zero attached hydrogens (tertiary/aromatic N) is 1. The van der Waals surface area contributed by atoms with Gasteiger partial charge in [-0.2, -0.15) is 13.2 Å². The van der Waals surface area contributed by atoms with Crippen LogP contribution < -0.4 is 4.90 Å². The summed E-state index contributed by atoms with van der Waals surface area (Å²) in [6.07, 6.45) is -4.45. The van der Waals surface area contributed by atoms with Crippen LogP contribution in [0.5, 0.6) is 0 Å². The van der Waals surface area contributed by atoms with E-state index >= 15 is 0 Å². The van der Waals surface area contributed by atoms with Crippen LogP contribution in [-0.4, -0.2) is 11.7 Å². The van der Waals surface area contributed by atoms with E-state index in [1.807, 2.05) is 6.92 Å². The molecule has 1 unspecified atom stereocenters. The summed E-state index contributed by atoms with van der Waals surface area (Å²) in [5.41, 5.74) is 0.935. The Morgan fingerprint density at radius 1 is 1.21 bits per heavy atom. The number of halogens is 4. The Balaban J connectivity index is 2.08. The minimum atomic E-state index is -4.45. The van der Waals surface area contributed by atoms with E-state index in [4.69, 9.17) is 0 Å². The number of hydrogen-bond donors (Lipinski definition) is 0. The average Bonchev–Trinajstić information content (AvgIpc) is 2.91. The molecule has 1 aliphatic heterocycles. The number of amides is 1. The number of carbonyl (C=O) groups excluding carboxylic acids is 1. The first-order valence-electron chi connectivity index (χ1n) is 7.15. The van der Waals surface area contributed by atoms with Gasteiger partial charge in [-0.15, -0.1) is 11.8 Å². The Labute approximate surface area is 150 Å². The number of thioether (sulfide) groups is 1. The molecule has 24 heavy (non-hydrogen) atoms. The molecule has 3 rings (SSSR count). The van der Waals surface area contributed by atoms with Crippen LogP contribution in [0.3, 0.4) is 0 Å². The van der Waals surface area contributed by atoms with E-state index in [1.54, 1.807) is 24.3 Å². The van der Waals surface area contributed by atoms with Gasteiger partial charge in [-0.25, -0.2) is 0 Å². The zero-order valence-corrected chi connectivity index (χ0v) is 15.0. The van der Waals surface area contributed by atoms with Gasteiger partial charge in [-0.1, -0.05) is 34.1 Å². The highest BCUT2D eigenvalue weighted by atomic mass is 79.9. The van der Waals surface area contributed by atoms with Crippen molar-refractivity contribution in [3.8, 4) is 0 Å². The molecule has 2 aromatic rings. The summed E-state index contributed by atoms with van der Waals surface area (Å²) in [4.78, 5) is 13.8. The molecule has 0 aromatic heterocycles. The topological polar surface area (TPSA) is 20.3 Å². The van der Waals surface area contributed by atoms with Crippen molar-refractivity contribution in [3.05, 3.63) is 63.6 Å². The Kier molecular flexibility index (Phi) is 4.66. The Hall–Kier alpha value is -1.47. The van der Waals surface area contributed by atoms with Crippen molar-refractivity contribution in [1.29, 1.82) is 0 Å². The summed E-state index contributed by atoms with van der Waals surface area (Å²) in [5, 5.41) is -0.684. The zero-order valence-electron chi connectivity index (χ0n) is 12.6. The number of aryl methyl sites for hydroxylation is 1. The van der Waals surface area contributed by atoms with Crippen molar-refractivity contribution in [2.75, 3.05) is 10.7 Å². The van der Waals surface area contributed by atoms with Crippen molar-refractivity contribution < 1.29 is 18.0 Å². The molecule has 0 N–H and O–H groups in total. The van der Waals surface area contributed by atoms with Gasteiger partial charge in [0.1, 0.15) is 5.37 Å². The Morgan fingerprint density at radius 3 is 2.58 bits per heavy atom. The normalized spacial score (nSPS) is 18.3. The number of hydrogen-bond acceptors (Lipinski definition) is 2. The van der Waals surface area contributed by atoms with Gasteiger partial charge in [-0.3, -0.25) is 9.69 Å². The van der Waals surface area contributed by atoms with Crippen molar-refractivity contribution in [2.24, 2.45) is 0 Å². The van der Waals surface area contributed by atoms with E-state index < -0.39 is 17.1 Å². The highest BCUT2D eigenvalue weighted by Gasteiger charge is 2.40. The smallest absolute Gasteiger partial charge is 0.295 e. The lowest BCUT2D eigenvalue weighted by atomic mass is 10.1. The second-order valence-electron chi connectivity index (χ2n) is 5.45. The van der Waals surface area contributed by atoms with Crippen molar-refractivity contribution in [3.63, 3.8) is 0 Å². The van der Waals surface area contributed by atoms with Crippen LogP contribution in [0.4, 0.5) is 18.9 Å². The Bertz CT molecular complexity index is 794. The second kappa shape index (κ2) is 6.44. The standard InChI is InChI=1S/C17H13BrF3NOS/c1-10-8-11(6-7-14(10)18)22-15(23)9-24-16(22)12-4-2-3-5-13(12)17(19,20)21/h2-8,16H,9H2,1H3. The van der Waals surface area contributed by atoms with Gasteiger partial charge in [0.15, 0.2) is 0 Å². The van der Waals surface area contributed by atoms with E-state index in [2.05, 4.69) is 15.9 Å². The maximum Gasteiger partial charge on any atom is 0.416 e. The lowest BCUT2D eigenvalue weighted by Crippen LogP contribution is -2.29. The molecule has 0 spiro atoms. The van der Waals surface area contributed by atoms with Crippen molar-refractivity contribution in [2.45, 2.75) is 18.5 Å². The van der Waals surface area contributed by atoms with Gasteiger partial charge < -0.3 is 0 Å². The molecule has 1 saturated heterocycles. The molecule has 126 valence electrons. The van der Waals surface area contributed by atoms with Crippen molar-refractivity contribution in [1.82, 2.24) is 0 Å². The molecular weight excluding hydrogens is 403 g/mol. The summed E-state index contributed by atoms with van der Waals surface area (Å²) >= 11 is 4.60. The van der Waals surface area contributed by atoms with Gasteiger partial charge >= 0.3 is 6.18 Å². The van der Waals surface area contributed by atoms with Crippen molar-refractivity contribution >= 4 is 39.3 Å². The van der Waals surface area contributed by atoms with Crippen LogP contribution in [0.25, 0.3) is 0 Å². The average molecular weight is 416 g/mol. The highest BCUT2D eigenvalue weighted by molar-refractivity contribution is 9.10. The largest absolute Gasteiger partial charge is 0.416 e. The monoisotopic (exact) mass is 415 g/mol. The molecule has 1 atom stereocenters. The van der Waals surface area contributed by atoms with Crippen LogP contribution in [0.2, 0.25) is 0 Å². The Morgan fingerprint density at radius 2 is 1.92 bits per heavy atom. The fraction of sp³-hybridized carbons (Fsp3) is 0.235. The summed E-state index contributed by atoms with van der Waals surface area (Å²) in [6, 6.07) is 10.8. The quantitative estimate of drug-likeness (QED) is 0.640. The molecule has 1 fully saturated rings. The fourth-order valence-electron chi connectivity index (χ4n) is 2.68. The molecule has 1 heterocycles. The number of anilines is 1. The summed E-state index contributed by atoms with van der Waals surface area (Å²) in [6.45, 7) is 1.87. The molecule has 0 saturated carbocycles. The summed E-state index contributed by atoms with van der Waals surface area (Å²) in [7, 11) is 0. The summed E-state index contributed by atoms with van der Waals surface area (Å²) in [5.74, 6) is -0.0323. The predicted octanol–water partition coefficient (Wildman–Crippen LogP) is 5.55. The molecule has 7 heteroatoms. The van der Waals surface area contributed by atoms with E-state index in [-0.39, 0.29) is 17.2 Å². The molecule has 2 aromatic carbocycles. The molecule has 0 aliphatic carbocycles. The van der Waals surface area contributed by atoms with Crippen LogP contribution in [-0.2, 0) is 11.0 Å². The lowest BCUT2D eigenvalue weighted by molar-refractivity contribution is -0.138. The molecule has 1 aliphatic rings. The maximum atomic E-state index is 13.3. The first-order valence-corrected chi connectivity index (χ1v) is 8.99. The first kappa shape index (κ1) is 17.4. The summed E-state index contributed by atoms with van der Waals surface area (Å²) < 4.78 is 40.9. The van der Waals surface area contributed by atoms with E-state index in [0.717, 1.165) is 16.1 Å². The van der Waals surface area contributed by atoms with Gasteiger partial charge in [0.05, 0.1) is 11.3 Å². The number of alkyl halides is 3. The maximum absolute atomic E-state index is 13.3. The molecular formula is C17H13BrF3NOS. The minimum absolute atomic E-state index is 0.112. The highest BCUT2D eigenvalue weighted by Crippen LogP contribution is 2.46. The third-order valence-electron chi connectivity index (χ3n) is 3.82. The fourth-order valence-corrected chi connectivity index (χ4v) is 4.14. The van der Waals surface area contributed by atoms with Crippen LogP contribution in [0.1, 0.15) is 22.1 Å². The van der Waals surface area contributed by atoms with Gasteiger partial charge in [0.25, 0.3) is 0 Å². The lowest BCUT2D eigenvalue weighted by Gasteiger charge is -2.27. The predicted molar refractivity (Wildman–Crippen MR) is 93.0 cm³/mol. The molecule has 2 nitrogen and oxygen atoms in total. The van der Waals surface area contributed by atoms with Crippen LogP contribution in [0.15, 0.2) is 46.9 Å². The van der Waals surface area contributed by atoms with Gasteiger partial charge in [-0.05, 0) is 42.3 Å². The second-order valence-corrected chi connectivity index (χ2v) is 7.37. The third-order valence-corrected chi connectivity index (χ3v) is 5.90. The molecule has 1 amide bonds.